The molecule has 0 saturated carbocycles. The smallest absolute Gasteiger partial charge is 0.356 e. The molecule has 0 radical (unpaired) electrons. The summed E-state index contributed by atoms with van der Waals surface area (Å²) in [6, 6.07) is 3.41. The number of nitrogens with zero attached hydrogens (tertiary/aromatic N) is 1. The molecule has 4 heteroatoms. The van der Waals surface area contributed by atoms with Crippen molar-refractivity contribution in [1.29, 1.82) is 0 Å². The highest BCUT2D eigenvalue weighted by atomic mass is 16.7. The Bertz CT molecular complexity index is 193. The van der Waals surface area contributed by atoms with Crippen molar-refractivity contribution in [3.05, 3.63) is 24.5 Å². The molecule has 48 valence electrons. The predicted molar refractivity (Wildman–Crippen MR) is 30.5 cm³/mol. The van der Waals surface area contributed by atoms with Crippen molar-refractivity contribution in [1.82, 2.24) is 4.57 Å². The van der Waals surface area contributed by atoms with Crippen molar-refractivity contribution in [2.45, 2.75) is 0 Å². The lowest BCUT2D eigenvalue weighted by Crippen LogP contribution is -2.15. The lowest BCUT2D eigenvalue weighted by molar-refractivity contribution is 0.149. The summed E-state index contributed by atoms with van der Waals surface area (Å²) in [5.74, 6) is 4.59. The van der Waals surface area contributed by atoms with Gasteiger partial charge in [0.05, 0.1) is 0 Å². The number of carbonyl (C=O) groups is 1. The Morgan fingerprint density at radius 1 is 1.44 bits per heavy atom. The van der Waals surface area contributed by atoms with Crippen LogP contribution >= 0.6 is 0 Å². The third-order valence-corrected chi connectivity index (χ3v) is 0.916. The minimum Gasteiger partial charge on any atom is -0.356 e. The number of hydrogen-bond acceptors (Lipinski definition) is 3. The molecule has 0 aliphatic rings. The second-order valence-corrected chi connectivity index (χ2v) is 1.47. The SMILES string of the molecule is NOC(=O)n1cccc1. The number of aromatic nitrogens is 1. The summed E-state index contributed by atoms with van der Waals surface area (Å²) in [5.41, 5.74) is 0. The topological polar surface area (TPSA) is 57.2 Å². The molecule has 0 aliphatic heterocycles. The summed E-state index contributed by atoms with van der Waals surface area (Å²) >= 11 is 0. The average molecular weight is 126 g/mol. The van der Waals surface area contributed by atoms with Gasteiger partial charge in [-0.1, -0.05) is 0 Å². The highest BCUT2D eigenvalue weighted by Crippen LogP contribution is 1.88. The highest BCUT2D eigenvalue weighted by molar-refractivity contribution is 5.69. The van der Waals surface area contributed by atoms with Gasteiger partial charge in [0.15, 0.2) is 0 Å². The fraction of sp³-hybridized carbons (Fsp3) is 0. The van der Waals surface area contributed by atoms with Crippen LogP contribution in [0.2, 0.25) is 0 Å². The number of hydrogen-bond donors (Lipinski definition) is 1. The summed E-state index contributed by atoms with van der Waals surface area (Å²) in [4.78, 5) is 14.4. The molecule has 0 atom stereocenters. The van der Waals surface area contributed by atoms with Crippen LogP contribution in [-0.4, -0.2) is 10.7 Å². The van der Waals surface area contributed by atoms with E-state index in [2.05, 4.69) is 10.7 Å². The first kappa shape index (κ1) is 5.84. The van der Waals surface area contributed by atoms with Crippen molar-refractivity contribution in [2.24, 2.45) is 5.90 Å². The van der Waals surface area contributed by atoms with Crippen LogP contribution in [0.3, 0.4) is 0 Å². The second kappa shape index (κ2) is 2.32. The summed E-state index contributed by atoms with van der Waals surface area (Å²) in [7, 11) is 0. The molecule has 4 nitrogen and oxygen atoms in total. The molecule has 1 aromatic rings. The van der Waals surface area contributed by atoms with E-state index in [1.165, 1.54) is 4.57 Å². The Morgan fingerprint density at radius 3 is 2.44 bits per heavy atom. The lowest BCUT2D eigenvalue weighted by atomic mass is 10.7. The van der Waals surface area contributed by atoms with Crippen LogP contribution in [0.15, 0.2) is 24.5 Å². The van der Waals surface area contributed by atoms with E-state index < -0.39 is 6.09 Å². The van der Waals surface area contributed by atoms with Gasteiger partial charge < -0.3 is 4.84 Å². The van der Waals surface area contributed by atoms with Gasteiger partial charge in [-0.15, -0.1) is 0 Å². The first-order valence-electron chi connectivity index (χ1n) is 2.38. The highest BCUT2D eigenvalue weighted by Gasteiger charge is 1.98. The van der Waals surface area contributed by atoms with Gasteiger partial charge in [-0.05, 0) is 12.1 Å². The summed E-state index contributed by atoms with van der Waals surface area (Å²) in [6.07, 6.45) is 2.52. The normalized spacial score (nSPS) is 9.00. The minimum absolute atomic E-state index is 0.583. The maximum atomic E-state index is 10.5. The van der Waals surface area contributed by atoms with Gasteiger partial charge in [-0.25, -0.2) is 4.79 Å². The first-order chi connectivity index (χ1) is 4.34. The fourth-order valence-corrected chi connectivity index (χ4v) is 0.517. The minimum atomic E-state index is -0.583. The van der Waals surface area contributed by atoms with E-state index in [-0.39, 0.29) is 0 Å². The Kier molecular flexibility index (Phi) is 1.51. The van der Waals surface area contributed by atoms with E-state index in [0.717, 1.165) is 0 Å². The predicted octanol–water partition coefficient (Wildman–Crippen LogP) is 0.347. The van der Waals surface area contributed by atoms with E-state index in [9.17, 15) is 4.79 Å². The maximum Gasteiger partial charge on any atom is 0.436 e. The number of carbonyl (C=O) groups excluding carboxylic acids is 1. The van der Waals surface area contributed by atoms with Crippen LogP contribution in [0.1, 0.15) is 0 Å². The zero-order chi connectivity index (χ0) is 6.69. The lowest BCUT2D eigenvalue weighted by Gasteiger charge is -1.94. The molecular weight excluding hydrogens is 120 g/mol. The Morgan fingerprint density at radius 2 is 2.00 bits per heavy atom. The molecule has 9 heavy (non-hydrogen) atoms. The Hall–Kier alpha value is -1.29. The molecule has 1 rings (SSSR count). The molecule has 2 N–H and O–H groups in total. The van der Waals surface area contributed by atoms with Crippen molar-refractivity contribution in [3.63, 3.8) is 0 Å². The molecule has 0 fully saturated rings. The van der Waals surface area contributed by atoms with Gasteiger partial charge in [0, 0.05) is 12.4 Å². The van der Waals surface area contributed by atoms with Crippen LogP contribution < -0.4 is 5.90 Å². The second-order valence-electron chi connectivity index (χ2n) is 1.47. The van der Waals surface area contributed by atoms with Crippen LogP contribution in [0.4, 0.5) is 4.79 Å². The molecule has 0 bridgehead atoms. The van der Waals surface area contributed by atoms with E-state index >= 15 is 0 Å². The summed E-state index contributed by atoms with van der Waals surface area (Å²) < 4.78 is 1.24. The van der Waals surface area contributed by atoms with Crippen molar-refractivity contribution in [2.75, 3.05) is 0 Å². The van der Waals surface area contributed by atoms with Crippen LogP contribution in [0.25, 0.3) is 0 Å². The quantitative estimate of drug-likeness (QED) is 0.510. The molecule has 1 heterocycles. The third-order valence-electron chi connectivity index (χ3n) is 0.916. The molecule has 1 aromatic heterocycles. The van der Waals surface area contributed by atoms with E-state index in [1.807, 2.05) is 0 Å². The maximum absolute atomic E-state index is 10.5. The molecule has 0 amide bonds. The molecular formula is C5H6N2O2. The zero-order valence-electron chi connectivity index (χ0n) is 4.65. The average Bonchev–Trinajstić information content (AvgIpc) is 2.37. The number of rotatable bonds is 0. The van der Waals surface area contributed by atoms with Gasteiger partial charge in [0.1, 0.15) is 0 Å². The van der Waals surface area contributed by atoms with Gasteiger partial charge in [0.2, 0.25) is 0 Å². The van der Waals surface area contributed by atoms with Crippen LogP contribution in [0.5, 0.6) is 0 Å². The molecule has 0 aromatic carbocycles. The molecule has 0 spiro atoms. The van der Waals surface area contributed by atoms with Crippen molar-refractivity contribution < 1.29 is 9.63 Å². The number of nitrogens with two attached hydrogens (primary N) is 1. The zero-order valence-corrected chi connectivity index (χ0v) is 4.65. The van der Waals surface area contributed by atoms with Gasteiger partial charge >= 0.3 is 6.09 Å². The Labute approximate surface area is 51.8 Å². The van der Waals surface area contributed by atoms with Gasteiger partial charge in [0.25, 0.3) is 0 Å². The van der Waals surface area contributed by atoms with Gasteiger partial charge in [-0.3, -0.25) is 4.57 Å². The van der Waals surface area contributed by atoms with Gasteiger partial charge in [-0.2, -0.15) is 5.90 Å². The third kappa shape index (κ3) is 1.09. The fourth-order valence-electron chi connectivity index (χ4n) is 0.517. The van der Waals surface area contributed by atoms with Crippen molar-refractivity contribution in [3.8, 4) is 0 Å². The standard InChI is InChI=1S/C5H6N2O2/c6-9-5(8)7-3-1-2-4-7/h1-4H,6H2. The van der Waals surface area contributed by atoms with E-state index in [0.29, 0.717) is 0 Å². The first-order valence-corrected chi connectivity index (χ1v) is 2.38. The van der Waals surface area contributed by atoms with E-state index in [1.54, 1.807) is 24.5 Å². The molecule has 0 aliphatic carbocycles. The molecule has 0 saturated heterocycles. The van der Waals surface area contributed by atoms with Crippen LogP contribution in [-0.2, 0) is 4.84 Å². The summed E-state index contributed by atoms with van der Waals surface area (Å²) in [6.45, 7) is 0. The van der Waals surface area contributed by atoms with E-state index in [4.69, 9.17) is 0 Å². The monoisotopic (exact) mass is 126 g/mol. The Balaban J connectivity index is 2.77. The molecule has 0 unspecified atom stereocenters. The van der Waals surface area contributed by atoms with Crippen molar-refractivity contribution >= 4 is 6.09 Å². The van der Waals surface area contributed by atoms with Crippen LogP contribution in [0, 0.1) is 0 Å². The summed E-state index contributed by atoms with van der Waals surface area (Å²) in [5, 5.41) is 0. The largest absolute Gasteiger partial charge is 0.436 e.